The first-order chi connectivity index (χ1) is 7.13. The summed E-state index contributed by atoms with van der Waals surface area (Å²) in [5.41, 5.74) is 0. The quantitative estimate of drug-likeness (QED) is 0.436. The first-order valence-electron chi connectivity index (χ1n) is 4.43. The molecule has 1 aromatic rings. The van der Waals surface area contributed by atoms with Crippen molar-refractivity contribution in [3.63, 3.8) is 0 Å². The van der Waals surface area contributed by atoms with Crippen LogP contribution in [-0.2, 0) is 9.53 Å². The molecule has 15 heavy (non-hydrogen) atoms. The van der Waals surface area contributed by atoms with Crippen molar-refractivity contribution in [1.82, 2.24) is 0 Å². The monoisotopic (exact) mass is 222 g/mol. The molecule has 0 fully saturated rings. The predicted molar refractivity (Wildman–Crippen MR) is 57.8 cm³/mol. The van der Waals surface area contributed by atoms with Gasteiger partial charge in [-0.2, -0.15) is 0 Å². The third-order valence-corrected chi connectivity index (χ3v) is 2.62. The van der Waals surface area contributed by atoms with Crippen LogP contribution in [0.25, 0.3) is 0 Å². The number of carbonyl (C=O) groups is 2. The standard InChI is InChI=1S/C11H10O3S/c1-3-14-11(13)7-5-9-4-6-10(15-9)8(2)12/h4,6H,3H2,1-2H3. The smallest absolute Gasteiger partial charge is 0.384 e. The lowest BCUT2D eigenvalue weighted by Gasteiger charge is -1.89. The van der Waals surface area contributed by atoms with Crippen molar-refractivity contribution in [1.29, 1.82) is 0 Å². The summed E-state index contributed by atoms with van der Waals surface area (Å²) in [6, 6.07) is 3.41. The van der Waals surface area contributed by atoms with Crippen molar-refractivity contribution in [3.8, 4) is 11.8 Å². The van der Waals surface area contributed by atoms with Gasteiger partial charge in [-0.25, -0.2) is 4.79 Å². The van der Waals surface area contributed by atoms with Gasteiger partial charge in [0.15, 0.2) is 5.78 Å². The maximum Gasteiger partial charge on any atom is 0.384 e. The summed E-state index contributed by atoms with van der Waals surface area (Å²) in [4.78, 5) is 23.2. The van der Waals surface area contributed by atoms with E-state index in [2.05, 4.69) is 16.6 Å². The van der Waals surface area contributed by atoms with Gasteiger partial charge in [0.05, 0.1) is 16.4 Å². The maximum atomic E-state index is 11.0. The van der Waals surface area contributed by atoms with Gasteiger partial charge in [-0.3, -0.25) is 4.79 Å². The molecule has 4 heteroatoms. The van der Waals surface area contributed by atoms with Crippen molar-refractivity contribution in [2.75, 3.05) is 6.61 Å². The molecule has 0 radical (unpaired) electrons. The molecule has 0 aliphatic rings. The second kappa shape index (κ2) is 5.32. The average Bonchev–Trinajstić information content (AvgIpc) is 2.63. The molecular weight excluding hydrogens is 212 g/mol. The second-order valence-corrected chi connectivity index (χ2v) is 3.77. The molecule has 0 amide bonds. The molecule has 0 saturated heterocycles. The third kappa shape index (κ3) is 3.56. The van der Waals surface area contributed by atoms with Gasteiger partial charge in [0.25, 0.3) is 0 Å². The number of rotatable bonds is 2. The number of ketones is 1. The molecule has 0 atom stereocenters. The highest BCUT2D eigenvalue weighted by atomic mass is 32.1. The van der Waals surface area contributed by atoms with Crippen LogP contribution in [0.15, 0.2) is 12.1 Å². The van der Waals surface area contributed by atoms with E-state index in [0.29, 0.717) is 16.4 Å². The molecule has 1 aromatic heterocycles. The van der Waals surface area contributed by atoms with Crippen molar-refractivity contribution in [2.24, 2.45) is 0 Å². The van der Waals surface area contributed by atoms with E-state index in [-0.39, 0.29) is 5.78 Å². The highest BCUT2D eigenvalue weighted by molar-refractivity contribution is 7.14. The highest BCUT2D eigenvalue weighted by Gasteiger charge is 2.02. The lowest BCUT2D eigenvalue weighted by Crippen LogP contribution is -1.99. The molecule has 0 bridgehead atoms. The lowest BCUT2D eigenvalue weighted by molar-refractivity contribution is -0.136. The first kappa shape index (κ1) is 11.5. The normalized spacial score (nSPS) is 8.93. The molecule has 1 heterocycles. The Balaban J connectivity index is 2.72. The Morgan fingerprint density at radius 3 is 2.73 bits per heavy atom. The van der Waals surface area contributed by atoms with Gasteiger partial charge in [0.2, 0.25) is 0 Å². The number of hydrogen-bond acceptors (Lipinski definition) is 4. The second-order valence-electron chi connectivity index (χ2n) is 2.69. The zero-order valence-corrected chi connectivity index (χ0v) is 9.31. The van der Waals surface area contributed by atoms with Crippen LogP contribution in [0.4, 0.5) is 0 Å². The van der Waals surface area contributed by atoms with Gasteiger partial charge >= 0.3 is 5.97 Å². The Kier molecular flexibility index (Phi) is 4.07. The van der Waals surface area contributed by atoms with Crippen LogP contribution in [0.2, 0.25) is 0 Å². The molecule has 0 N–H and O–H groups in total. The molecule has 0 aliphatic carbocycles. The Labute approximate surface area is 92.1 Å². The zero-order chi connectivity index (χ0) is 11.3. The van der Waals surface area contributed by atoms with Gasteiger partial charge in [0.1, 0.15) is 0 Å². The van der Waals surface area contributed by atoms with Crippen LogP contribution in [0, 0.1) is 11.8 Å². The molecule has 0 spiro atoms. The Hall–Kier alpha value is -1.60. The summed E-state index contributed by atoms with van der Waals surface area (Å²) in [6.07, 6.45) is 0. The number of thiophene rings is 1. The van der Waals surface area contributed by atoms with Crippen LogP contribution < -0.4 is 0 Å². The van der Waals surface area contributed by atoms with Gasteiger partial charge in [-0.15, -0.1) is 11.3 Å². The van der Waals surface area contributed by atoms with Gasteiger partial charge in [-0.05, 0) is 31.9 Å². The lowest BCUT2D eigenvalue weighted by atomic mass is 10.3. The third-order valence-electron chi connectivity index (χ3n) is 1.52. The fourth-order valence-electron chi connectivity index (χ4n) is 0.874. The largest absolute Gasteiger partial charge is 0.456 e. The predicted octanol–water partition coefficient (Wildman–Crippen LogP) is 1.87. The fourth-order valence-corrected chi connectivity index (χ4v) is 1.63. The van der Waals surface area contributed by atoms with E-state index in [1.54, 1.807) is 19.1 Å². The highest BCUT2D eigenvalue weighted by Crippen LogP contribution is 2.15. The number of esters is 1. The number of hydrogen-bond donors (Lipinski definition) is 0. The molecular formula is C11H10O3S. The summed E-state index contributed by atoms with van der Waals surface area (Å²) in [5.74, 6) is 4.44. The SMILES string of the molecule is CCOC(=O)C#Cc1ccc(C(C)=O)s1. The minimum Gasteiger partial charge on any atom is -0.456 e. The van der Waals surface area contributed by atoms with Gasteiger partial charge in [0, 0.05) is 5.92 Å². The van der Waals surface area contributed by atoms with Crippen LogP contribution in [0.3, 0.4) is 0 Å². The molecule has 1 rings (SSSR count). The van der Waals surface area contributed by atoms with Crippen molar-refractivity contribution in [3.05, 3.63) is 21.9 Å². The fraction of sp³-hybridized carbons (Fsp3) is 0.273. The summed E-state index contributed by atoms with van der Waals surface area (Å²) in [6.45, 7) is 3.53. The molecule has 3 nitrogen and oxygen atoms in total. The molecule has 78 valence electrons. The van der Waals surface area contributed by atoms with Gasteiger partial charge in [-0.1, -0.05) is 0 Å². The number of Topliss-reactive ketones (excluding diaryl/α,β-unsaturated/α-hetero) is 1. The van der Waals surface area contributed by atoms with Crippen LogP contribution >= 0.6 is 11.3 Å². The van der Waals surface area contributed by atoms with Crippen LogP contribution in [0.5, 0.6) is 0 Å². The van der Waals surface area contributed by atoms with Crippen molar-refractivity contribution >= 4 is 23.1 Å². The van der Waals surface area contributed by atoms with E-state index in [1.807, 2.05) is 0 Å². The van der Waals surface area contributed by atoms with E-state index < -0.39 is 5.97 Å². The molecule has 0 aliphatic heterocycles. The molecule has 0 aromatic carbocycles. The number of carbonyl (C=O) groups excluding carboxylic acids is 2. The summed E-state index contributed by atoms with van der Waals surface area (Å²) < 4.78 is 4.64. The summed E-state index contributed by atoms with van der Waals surface area (Å²) >= 11 is 1.27. The van der Waals surface area contributed by atoms with Crippen molar-refractivity contribution in [2.45, 2.75) is 13.8 Å². The summed E-state index contributed by atoms with van der Waals surface area (Å²) in [7, 11) is 0. The number of ether oxygens (including phenoxy) is 1. The minimum atomic E-state index is -0.546. The van der Waals surface area contributed by atoms with Crippen molar-refractivity contribution < 1.29 is 14.3 Å². The minimum absolute atomic E-state index is 0.00387. The van der Waals surface area contributed by atoms with E-state index in [0.717, 1.165) is 0 Å². The maximum absolute atomic E-state index is 11.0. The van der Waals surface area contributed by atoms with E-state index in [9.17, 15) is 9.59 Å². The van der Waals surface area contributed by atoms with E-state index in [1.165, 1.54) is 18.3 Å². The Bertz CT molecular complexity index is 434. The summed E-state index contributed by atoms with van der Waals surface area (Å²) in [5, 5.41) is 0. The van der Waals surface area contributed by atoms with Crippen LogP contribution in [-0.4, -0.2) is 18.4 Å². The molecule has 0 unspecified atom stereocenters. The average molecular weight is 222 g/mol. The van der Waals surface area contributed by atoms with Gasteiger partial charge < -0.3 is 4.74 Å². The zero-order valence-electron chi connectivity index (χ0n) is 8.49. The molecule has 0 saturated carbocycles. The van der Waals surface area contributed by atoms with E-state index >= 15 is 0 Å². The topological polar surface area (TPSA) is 43.4 Å². The Morgan fingerprint density at radius 1 is 1.47 bits per heavy atom. The van der Waals surface area contributed by atoms with Crippen LogP contribution in [0.1, 0.15) is 28.4 Å². The van der Waals surface area contributed by atoms with E-state index in [4.69, 9.17) is 0 Å². The Morgan fingerprint density at radius 2 is 2.20 bits per heavy atom. The first-order valence-corrected chi connectivity index (χ1v) is 5.24.